The van der Waals surface area contributed by atoms with Crippen molar-refractivity contribution in [2.45, 2.75) is 45.7 Å². The van der Waals surface area contributed by atoms with E-state index in [0.717, 1.165) is 49.2 Å². The van der Waals surface area contributed by atoms with Gasteiger partial charge in [-0.1, -0.05) is 0 Å². The van der Waals surface area contributed by atoms with Crippen molar-refractivity contribution in [2.24, 2.45) is 5.92 Å². The summed E-state index contributed by atoms with van der Waals surface area (Å²) in [6, 6.07) is 6.49. The Morgan fingerprint density at radius 2 is 1.92 bits per heavy atom. The van der Waals surface area contributed by atoms with Gasteiger partial charge in [-0.25, -0.2) is 4.79 Å². The van der Waals surface area contributed by atoms with E-state index in [4.69, 9.17) is 9.15 Å². The van der Waals surface area contributed by atoms with Gasteiger partial charge in [0.15, 0.2) is 0 Å². The van der Waals surface area contributed by atoms with Crippen LogP contribution in [0.5, 0.6) is 0 Å². The molecular weight excluding hydrogens is 302 g/mol. The SMILES string of the molecule is Cc1cc2oc(=O)cc(CN(CC3CCOC3)C3CC3)c2cc1C. The highest BCUT2D eigenvalue weighted by molar-refractivity contribution is 5.81. The molecule has 2 fully saturated rings. The van der Waals surface area contributed by atoms with Crippen molar-refractivity contribution in [1.82, 2.24) is 4.90 Å². The Balaban J connectivity index is 1.66. The number of rotatable bonds is 5. The molecule has 0 bridgehead atoms. The van der Waals surface area contributed by atoms with Gasteiger partial charge in [0.1, 0.15) is 5.58 Å². The van der Waals surface area contributed by atoms with Gasteiger partial charge in [-0.05, 0) is 67.9 Å². The van der Waals surface area contributed by atoms with Crippen LogP contribution in [-0.4, -0.2) is 30.7 Å². The summed E-state index contributed by atoms with van der Waals surface area (Å²) in [5.41, 5.74) is 3.95. The summed E-state index contributed by atoms with van der Waals surface area (Å²) in [5, 5.41) is 1.08. The summed E-state index contributed by atoms with van der Waals surface area (Å²) in [4.78, 5) is 14.6. The Morgan fingerprint density at radius 3 is 2.62 bits per heavy atom. The molecule has 4 nitrogen and oxygen atoms in total. The molecule has 2 aromatic rings. The van der Waals surface area contributed by atoms with E-state index in [0.29, 0.717) is 17.5 Å². The highest BCUT2D eigenvalue weighted by atomic mass is 16.5. The minimum Gasteiger partial charge on any atom is -0.423 e. The van der Waals surface area contributed by atoms with Crippen LogP contribution in [0.4, 0.5) is 0 Å². The van der Waals surface area contributed by atoms with Crippen LogP contribution >= 0.6 is 0 Å². The first-order valence-corrected chi connectivity index (χ1v) is 8.96. The molecule has 1 saturated carbocycles. The Bertz CT molecular complexity index is 800. The summed E-state index contributed by atoms with van der Waals surface area (Å²) in [7, 11) is 0. The summed E-state index contributed by atoms with van der Waals surface area (Å²) in [5.74, 6) is 0.626. The van der Waals surface area contributed by atoms with Gasteiger partial charge in [-0.15, -0.1) is 0 Å². The van der Waals surface area contributed by atoms with E-state index in [1.54, 1.807) is 6.07 Å². The predicted octanol–water partition coefficient (Wildman–Crippen LogP) is 3.41. The normalized spacial score (nSPS) is 21.0. The summed E-state index contributed by atoms with van der Waals surface area (Å²) in [6.07, 6.45) is 3.69. The lowest BCUT2D eigenvalue weighted by molar-refractivity contribution is 0.161. The molecule has 2 heterocycles. The third-order valence-corrected chi connectivity index (χ3v) is 5.40. The summed E-state index contributed by atoms with van der Waals surface area (Å²) in [6.45, 7) is 7.82. The molecule has 4 rings (SSSR count). The topological polar surface area (TPSA) is 42.7 Å². The number of aryl methyl sites for hydroxylation is 2. The Labute approximate surface area is 142 Å². The molecule has 1 aliphatic heterocycles. The van der Waals surface area contributed by atoms with Crippen molar-refractivity contribution >= 4 is 11.0 Å². The average Bonchev–Trinajstić information content (AvgIpc) is 3.26. The monoisotopic (exact) mass is 327 g/mol. The van der Waals surface area contributed by atoms with Crippen molar-refractivity contribution < 1.29 is 9.15 Å². The number of hydrogen-bond donors (Lipinski definition) is 0. The first-order valence-electron chi connectivity index (χ1n) is 8.96. The molecule has 1 unspecified atom stereocenters. The molecule has 0 N–H and O–H groups in total. The van der Waals surface area contributed by atoms with Crippen molar-refractivity contribution in [2.75, 3.05) is 19.8 Å². The summed E-state index contributed by atoms with van der Waals surface area (Å²) >= 11 is 0. The first kappa shape index (κ1) is 15.9. The third-order valence-electron chi connectivity index (χ3n) is 5.40. The van der Waals surface area contributed by atoms with Gasteiger partial charge in [0, 0.05) is 37.2 Å². The van der Waals surface area contributed by atoms with Crippen LogP contribution in [0.15, 0.2) is 27.4 Å². The number of ether oxygens (including phenoxy) is 1. The molecule has 1 aromatic heterocycles. The molecule has 128 valence electrons. The van der Waals surface area contributed by atoms with E-state index in [1.165, 1.54) is 18.4 Å². The van der Waals surface area contributed by atoms with Crippen molar-refractivity contribution in [3.8, 4) is 0 Å². The molecule has 0 spiro atoms. The minimum absolute atomic E-state index is 0.249. The lowest BCUT2D eigenvalue weighted by atomic mass is 10.0. The summed E-state index contributed by atoms with van der Waals surface area (Å²) < 4.78 is 11.0. The van der Waals surface area contributed by atoms with Crippen LogP contribution < -0.4 is 5.63 Å². The predicted molar refractivity (Wildman–Crippen MR) is 94.3 cm³/mol. The van der Waals surface area contributed by atoms with E-state index in [9.17, 15) is 4.79 Å². The van der Waals surface area contributed by atoms with Crippen LogP contribution in [-0.2, 0) is 11.3 Å². The van der Waals surface area contributed by atoms with Gasteiger partial charge in [0.2, 0.25) is 0 Å². The number of benzene rings is 1. The van der Waals surface area contributed by atoms with Crippen LogP contribution in [0.1, 0.15) is 36.0 Å². The fourth-order valence-corrected chi connectivity index (χ4v) is 3.67. The molecule has 0 radical (unpaired) electrons. The second-order valence-corrected chi connectivity index (χ2v) is 7.41. The molecule has 2 aliphatic rings. The van der Waals surface area contributed by atoms with Gasteiger partial charge >= 0.3 is 5.63 Å². The van der Waals surface area contributed by atoms with Crippen molar-refractivity contribution in [3.63, 3.8) is 0 Å². The van der Waals surface area contributed by atoms with Crippen LogP contribution in [0.3, 0.4) is 0 Å². The second-order valence-electron chi connectivity index (χ2n) is 7.41. The molecule has 1 atom stereocenters. The minimum atomic E-state index is -0.249. The van der Waals surface area contributed by atoms with Gasteiger partial charge in [-0.2, -0.15) is 0 Å². The fraction of sp³-hybridized carbons (Fsp3) is 0.550. The van der Waals surface area contributed by atoms with Gasteiger partial charge in [0.25, 0.3) is 0 Å². The average molecular weight is 327 g/mol. The van der Waals surface area contributed by atoms with Crippen LogP contribution in [0.2, 0.25) is 0 Å². The second kappa shape index (κ2) is 6.34. The molecule has 1 saturated heterocycles. The smallest absolute Gasteiger partial charge is 0.336 e. The lowest BCUT2D eigenvalue weighted by Gasteiger charge is -2.25. The third kappa shape index (κ3) is 3.26. The quantitative estimate of drug-likeness (QED) is 0.789. The highest BCUT2D eigenvalue weighted by Gasteiger charge is 2.32. The fourth-order valence-electron chi connectivity index (χ4n) is 3.67. The Hall–Kier alpha value is -1.65. The Kier molecular flexibility index (Phi) is 4.19. The standard InChI is InChI=1S/C20H25NO3/c1-13-7-18-16(9-20(22)24-19(18)8-14(13)2)11-21(17-3-4-17)10-15-5-6-23-12-15/h7-9,15,17H,3-6,10-12H2,1-2H3. The molecule has 0 amide bonds. The van der Waals surface area contributed by atoms with Crippen molar-refractivity contribution in [3.05, 3.63) is 45.3 Å². The van der Waals surface area contributed by atoms with Gasteiger partial charge in [0.05, 0.1) is 6.61 Å². The van der Waals surface area contributed by atoms with E-state index < -0.39 is 0 Å². The van der Waals surface area contributed by atoms with E-state index in [2.05, 4.69) is 24.8 Å². The molecule has 1 aromatic carbocycles. The number of fused-ring (bicyclic) bond motifs is 1. The van der Waals surface area contributed by atoms with Gasteiger partial charge < -0.3 is 9.15 Å². The molecular formula is C20H25NO3. The Morgan fingerprint density at radius 1 is 1.12 bits per heavy atom. The number of hydrogen-bond acceptors (Lipinski definition) is 4. The van der Waals surface area contributed by atoms with Crippen LogP contribution in [0.25, 0.3) is 11.0 Å². The van der Waals surface area contributed by atoms with E-state index in [-0.39, 0.29) is 5.63 Å². The van der Waals surface area contributed by atoms with Crippen molar-refractivity contribution in [1.29, 1.82) is 0 Å². The van der Waals surface area contributed by atoms with Gasteiger partial charge in [-0.3, -0.25) is 4.90 Å². The van der Waals surface area contributed by atoms with E-state index >= 15 is 0 Å². The zero-order valence-corrected chi connectivity index (χ0v) is 14.5. The van der Waals surface area contributed by atoms with Crippen LogP contribution in [0, 0.1) is 19.8 Å². The van der Waals surface area contributed by atoms with E-state index in [1.807, 2.05) is 6.07 Å². The lowest BCUT2D eigenvalue weighted by Crippen LogP contribution is -2.31. The number of nitrogens with zero attached hydrogens (tertiary/aromatic N) is 1. The zero-order chi connectivity index (χ0) is 16.7. The zero-order valence-electron chi connectivity index (χ0n) is 14.5. The molecule has 4 heteroatoms. The largest absolute Gasteiger partial charge is 0.423 e. The highest BCUT2D eigenvalue weighted by Crippen LogP contribution is 2.32. The maximum Gasteiger partial charge on any atom is 0.336 e. The first-order chi connectivity index (χ1) is 11.6. The maximum absolute atomic E-state index is 12.0. The maximum atomic E-state index is 12.0. The molecule has 24 heavy (non-hydrogen) atoms. The molecule has 1 aliphatic carbocycles.